The van der Waals surface area contributed by atoms with Crippen LogP contribution in [0.15, 0.2) is 12.1 Å². The molecule has 2 unspecified atom stereocenters. The highest BCUT2D eigenvalue weighted by Crippen LogP contribution is 2.56. The molecule has 0 amide bonds. The molecule has 1 rings (SSSR count). The average Bonchev–Trinajstić information content (AvgIpc) is 2.56. The third-order valence-corrected chi connectivity index (χ3v) is 3.80. The van der Waals surface area contributed by atoms with E-state index in [1.165, 1.54) is 0 Å². The van der Waals surface area contributed by atoms with Crippen molar-refractivity contribution < 1.29 is 72.5 Å². The van der Waals surface area contributed by atoms with Gasteiger partial charge in [0, 0.05) is 22.3 Å². The Balaban J connectivity index is 4.53. The van der Waals surface area contributed by atoms with E-state index in [9.17, 15) is 72.5 Å². The lowest BCUT2D eigenvalue weighted by Crippen LogP contribution is -2.53. The van der Waals surface area contributed by atoms with Crippen LogP contribution in [0.4, 0.5) is 52.7 Å². The number of carbonyl (C=O) groups excluding carboxylic acids is 2. The molecule has 170 valence electrons. The van der Waals surface area contributed by atoms with Crippen LogP contribution in [0.1, 0.15) is 31.8 Å². The van der Waals surface area contributed by atoms with Gasteiger partial charge in [0.1, 0.15) is 0 Å². The normalized spacial score (nSPS) is 17.0. The van der Waals surface area contributed by atoms with Gasteiger partial charge in [-0.1, -0.05) is 12.1 Å². The summed E-state index contributed by atoms with van der Waals surface area (Å²) < 4.78 is 160. The van der Waals surface area contributed by atoms with Crippen LogP contribution >= 0.6 is 0 Å². The Kier molecular flexibility index (Phi) is 6.37. The Labute approximate surface area is 156 Å². The van der Waals surface area contributed by atoms with Gasteiger partial charge in [0.05, 0.1) is 11.9 Å². The van der Waals surface area contributed by atoms with Gasteiger partial charge in [-0.25, -0.2) is 26.3 Å². The summed E-state index contributed by atoms with van der Waals surface area (Å²) in [4.78, 5) is 21.9. The lowest BCUT2D eigenvalue weighted by atomic mass is 9.77. The molecule has 0 aliphatic heterocycles. The summed E-state index contributed by atoms with van der Waals surface area (Å²) in [5.74, 6) is -6.27. The number of rotatable bonds is 6. The summed E-state index contributed by atoms with van der Waals surface area (Å²) in [5.41, 5.74) is -25.3. The van der Waals surface area contributed by atoms with Gasteiger partial charge in [0.15, 0.2) is 0 Å². The zero-order valence-corrected chi connectivity index (χ0v) is 13.5. The topological polar surface area (TPSA) is 80.3 Å². The lowest BCUT2D eigenvalue weighted by Gasteiger charge is -2.37. The van der Waals surface area contributed by atoms with E-state index in [1.807, 2.05) is 0 Å². The minimum atomic E-state index is -7.04. The fraction of sp³-hybridized carbons (Fsp3) is 0.429. The Morgan fingerprint density at radius 3 is 1.00 bits per heavy atom. The first-order chi connectivity index (χ1) is 13.3. The molecule has 1 aromatic rings. The zero-order chi connectivity index (χ0) is 24.0. The highest BCUT2D eigenvalue weighted by molar-refractivity contribution is 5.94. The number of aromatic carboxylic acids is 2. The van der Waals surface area contributed by atoms with Crippen molar-refractivity contribution in [1.82, 2.24) is 0 Å². The van der Waals surface area contributed by atoms with Crippen molar-refractivity contribution in [2.45, 2.75) is 36.5 Å². The largest absolute Gasteiger partial charge is 0.545 e. The van der Waals surface area contributed by atoms with Crippen molar-refractivity contribution in [3.63, 3.8) is 0 Å². The maximum absolute atomic E-state index is 14.5. The molecule has 0 radical (unpaired) electrons. The monoisotopic (exact) mass is 464 g/mol. The van der Waals surface area contributed by atoms with Crippen molar-refractivity contribution in [3.8, 4) is 0 Å². The minimum Gasteiger partial charge on any atom is -0.545 e. The van der Waals surface area contributed by atoms with Crippen LogP contribution in [-0.4, -0.2) is 37.1 Å². The first-order valence-electron chi connectivity index (χ1n) is 6.94. The van der Waals surface area contributed by atoms with Crippen molar-refractivity contribution in [1.29, 1.82) is 0 Å². The second-order valence-electron chi connectivity index (χ2n) is 5.51. The second kappa shape index (κ2) is 7.54. The van der Waals surface area contributed by atoms with Gasteiger partial charge in [-0.3, -0.25) is 0 Å². The van der Waals surface area contributed by atoms with E-state index in [0.717, 1.165) is 0 Å². The van der Waals surface area contributed by atoms with E-state index in [-0.39, 0.29) is 0 Å². The van der Waals surface area contributed by atoms with Gasteiger partial charge in [-0.15, -0.1) is 0 Å². The molecule has 0 aliphatic rings. The zero-order valence-electron chi connectivity index (χ0n) is 13.5. The Morgan fingerprint density at radius 2 is 0.867 bits per heavy atom. The number of hydrogen-bond acceptors (Lipinski definition) is 4. The van der Waals surface area contributed by atoms with Crippen molar-refractivity contribution >= 4 is 11.9 Å². The molecule has 0 aromatic heterocycles. The van der Waals surface area contributed by atoms with Crippen LogP contribution in [0.5, 0.6) is 0 Å². The molecule has 0 N–H and O–H groups in total. The Bertz CT molecular complexity index is 778. The maximum atomic E-state index is 14.5. The molecule has 0 fully saturated rings. The summed E-state index contributed by atoms with van der Waals surface area (Å²) >= 11 is 0. The van der Waals surface area contributed by atoms with Crippen LogP contribution < -0.4 is 10.2 Å². The fourth-order valence-electron chi connectivity index (χ4n) is 2.45. The Morgan fingerprint density at radius 1 is 0.633 bits per heavy atom. The molecule has 2 atom stereocenters. The molecular formula is C14H4F12O4-2. The predicted octanol–water partition coefficient (Wildman–Crippen LogP) is 2.40. The summed E-state index contributed by atoms with van der Waals surface area (Å²) in [6.45, 7) is 0. The van der Waals surface area contributed by atoms with Crippen molar-refractivity contribution in [3.05, 3.63) is 34.4 Å². The van der Waals surface area contributed by atoms with Crippen LogP contribution in [0.2, 0.25) is 0 Å². The van der Waals surface area contributed by atoms with Crippen LogP contribution in [0, 0.1) is 0 Å². The number of benzene rings is 1. The van der Waals surface area contributed by atoms with Crippen LogP contribution in [0.3, 0.4) is 0 Å². The van der Waals surface area contributed by atoms with Crippen molar-refractivity contribution in [2.75, 3.05) is 0 Å². The maximum Gasteiger partial charge on any atom is 0.432 e. The second-order valence-corrected chi connectivity index (χ2v) is 5.51. The standard InChI is InChI=1S/C14H6F12O4/c15-9(16)11(19,13(21,22)23)5-3(7(27)28)1-2-4(8(29)30)6(5)12(20,10(17)18)14(24,25)26/h1-2,9-10H,(H,27,28)(H,29,30)/p-2. The number of alkyl halides is 12. The molecule has 0 heterocycles. The first-order valence-corrected chi connectivity index (χ1v) is 6.94. The number of carboxylic acids is 2. The molecule has 0 spiro atoms. The van der Waals surface area contributed by atoms with E-state index >= 15 is 0 Å². The molecule has 16 heteroatoms. The molecule has 30 heavy (non-hydrogen) atoms. The third kappa shape index (κ3) is 3.62. The fourth-order valence-corrected chi connectivity index (χ4v) is 2.45. The molecular weight excluding hydrogens is 460 g/mol. The van der Waals surface area contributed by atoms with E-state index in [1.54, 1.807) is 0 Å². The number of halogens is 12. The van der Waals surface area contributed by atoms with E-state index in [4.69, 9.17) is 0 Å². The van der Waals surface area contributed by atoms with Crippen LogP contribution in [-0.2, 0) is 11.3 Å². The van der Waals surface area contributed by atoms with Crippen molar-refractivity contribution in [2.24, 2.45) is 0 Å². The van der Waals surface area contributed by atoms with E-state index < -0.39 is 82.9 Å². The van der Waals surface area contributed by atoms with Gasteiger partial charge in [0.2, 0.25) is 0 Å². The summed E-state index contributed by atoms with van der Waals surface area (Å²) in [5, 5.41) is 21.9. The van der Waals surface area contributed by atoms with Gasteiger partial charge in [0.25, 0.3) is 24.2 Å². The molecule has 4 nitrogen and oxygen atoms in total. The highest BCUT2D eigenvalue weighted by Gasteiger charge is 2.71. The van der Waals surface area contributed by atoms with Gasteiger partial charge in [-0.2, -0.15) is 26.3 Å². The Hall–Kier alpha value is -2.68. The quantitative estimate of drug-likeness (QED) is 0.606. The average molecular weight is 464 g/mol. The minimum absolute atomic E-state index is 0.468. The van der Waals surface area contributed by atoms with Gasteiger partial charge in [-0.05, 0) is 0 Å². The summed E-state index contributed by atoms with van der Waals surface area (Å²) in [6.07, 6.45) is -25.1. The molecule has 0 saturated heterocycles. The van der Waals surface area contributed by atoms with E-state index in [0.29, 0.717) is 0 Å². The highest BCUT2D eigenvalue weighted by atomic mass is 19.4. The smallest absolute Gasteiger partial charge is 0.432 e. The third-order valence-electron chi connectivity index (χ3n) is 3.80. The number of hydrogen-bond donors (Lipinski definition) is 0. The molecule has 1 aromatic carbocycles. The van der Waals surface area contributed by atoms with E-state index in [2.05, 4.69) is 0 Å². The summed E-state index contributed by atoms with van der Waals surface area (Å²) in [6, 6.07) is -0.936. The molecule has 0 aliphatic carbocycles. The van der Waals surface area contributed by atoms with Crippen LogP contribution in [0.25, 0.3) is 0 Å². The first kappa shape index (κ1) is 25.4. The van der Waals surface area contributed by atoms with Gasteiger partial charge < -0.3 is 19.8 Å². The summed E-state index contributed by atoms with van der Waals surface area (Å²) in [7, 11) is 0. The molecule has 0 saturated carbocycles. The SMILES string of the molecule is O=C([O-])c1ccc(C(=O)[O-])c(C(F)(C(F)F)C(F)(F)F)c1C(F)(C(F)F)C(F)(F)F. The molecule has 0 bridgehead atoms. The lowest BCUT2D eigenvalue weighted by molar-refractivity contribution is -0.287. The number of carboxylic acid groups (broad SMARTS) is 2. The van der Waals surface area contributed by atoms with Gasteiger partial charge >= 0.3 is 12.4 Å². The number of carbonyl (C=O) groups is 2. The predicted molar refractivity (Wildman–Crippen MR) is 64.8 cm³/mol.